The summed E-state index contributed by atoms with van der Waals surface area (Å²) in [7, 11) is 0. The summed E-state index contributed by atoms with van der Waals surface area (Å²) in [5.74, 6) is -0.233. The van der Waals surface area contributed by atoms with Gasteiger partial charge in [-0.15, -0.1) is 0 Å². The number of hydrogen-bond acceptors (Lipinski definition) is 4. The Morgan fingerprint density at radius 2 is 2.21 bits per heavy atom. The van der Waals surface area contributed by atoms with Crippen molar-refractivity contribution >= 4 is 12.0 Å². The van der Waals surface area contributed by atoms with Crippen LogP contribution in [0.1, 0.15) is 31.2 Å². The molecule has 2 amide bonds. The highest BCUT2D eigenvalue weighted by atomic mass is 19.1. The van der Waals surface area contributed by atoms with Gasteiger partial charge in [0.05, 0.1) is 0 Å². The molecule has 1 atom stereocenters. The Bertz CT molecular complexity index is 748. The molecule has 0 aromatic heterocycles. The first-order valence-corrected chi connectivity index (χ1v) is 9.70. The van der Waals surface area contributed by atoms with E-state index >= 15 is 0 Å². The molecule has 6 nitrogen and oxygen atoms in total. The molecule has 1 heterocycles. The molecule has 1 aromatic carbocycles. The van der Waals surface area contributed by atoms with Gasteiger partial charge in [0.2, 0.25) is 0 Å². The number of aryl methyl sites for hydroxylation is 1. The van der Waals surface area contributed by atoms with Gasteiger partial charge in [0.25, 0.3) is 5.91 Å². The molecule has 2 aliphatic rings. The van der Waals surface area contributed by atoms with Crippen molar-refractivity contribution in [2.45, 2.75) is 38.6 Å². The molecule has 28 heavy (non-hydrogen) atoms. The lowest BCUT2D eigenvalue weighted by molar-refractivity contribution is -0.123. The monoisotopic (exact) mass is 390 g/mol. The molecule has 7 heteroatoms. The van der Waals surface area contributed by atoms with Crippen molar-refractivity contribution in [3.05, 3.63) is 41.7 Å². The molecule has 1 aromatic rings. The van der Waals surface area contributed by atoms with Crippen molar-refractivity contribution in [2.24, 2.45) is 5.92 Å². The van der Waals surface area contributed by atoms with Gasteiger partial charge >= 0.3 is 6.09 Å². The Hall–Kier alpha value is -2.57. The van der Waals surface area contributed by atoms with Gasteiger partial charge in [-0.25, -0.2) is 9.18 Å². The van der Waals surface area contributed by atoms with Gasteiger partial charge in [-0.3, -0.25) is 4.79 Å². The SMILES string of the molecule is C=C(CCNC(=O)COc1ccc(C)c(F)c1)[C@@H]1COC(=O)N(C2CCC2)C1. The van der Waals surface area contributed by atoms with Crippen molar-refractivity contribution in [3.63, 3.8) is 0 Å². The van der Waals surface area contributed by atoms with E-state index in [2.05, 4.69) is 11.9 Å². The summed E-state index contributed by atoms with van der Waals surface area (Å²) in [6.45, 7) is 7.01. The molecule has 0 bridgehead atoms. The molecule has 0 spiro atoms. The molecule has 152 valence electrons. The summed E-state index contributed by atoms with van der Waals surface area (Å²) in [6, 6.07) is 4.80. The Morgan fingerprint density at radius 3 is 2.89 bits per heavy atom. The maximum absolute atomic E-state index is 13.5. The Balaban J connectivity index is 1.36. The van der Waals surface area contributed by atoms with E-state index in [1.54, 1.807) is 19.1 Å². The highest BCUT2D eigenvalue weighted by Gasteiger charge is 2.35. The smallest absolute Gasteiger partial charge is 0.410 e. The average molecular weight is 390 g/mol. The van der Waals surface area contributed by atoms with Gasteiger partial charge in [-0.2, -0.15) is 0 Å². The van der Waals surface area contributed by atoms with Gasteiger partial charge in [0.15, 0.2) is 6.61 Å². The largest absolute Gasteiger partial charge is 0.484 e. The first-order chi connectivity index (χ1) is 13.4. The summed E-state index contributed by atoms with van der Waals surface area (Å²) in [5.41, 5.74) is 1.48. The number of rotatable bonds is 8. The highest BCUT2D eigenvalue weighted by molar-refractivity contribution is 5.77. The molecule has 2 fully saturated rings. The molecule has 0 radical (unpaired) electrons. The number of cyclic esters (lactones) is 1. The maximum Gasteiger partial charge on any atom is 0.410 e. The van der Waals surface area contributed by atoms with E-state index in [4.69, 9.17) is 9.47 Å². The lowest BCUT2D eigenvalue weighted by Crippen LogP contribution is -2.51. The molecule has 1 aliphatic heterocycles. The third kappa shape index (κ3) is 5.03. The second kappa shape index (κ2) is 9.08. The molecule has 0 unspecified atom stereocenters. The van der Waals surface area contributed by atoms with Crippen LogP contribution in [0.25, 0.3) is 0 Å². The van der Waals surface area contributed by atoms with E-state index in [1.807, 2.05) is 4.90 Å². The summed E-state index contributed by atoms with van der Waals surface area (Å²) in [6.07, 6.45) is 3.60. The third-order valence-electron chi connectivity index (χ3n) is 5.43. The Labute approximate surface area is 164 Å². The highest BCUT2D eigenvalue weighted by Crippen LogP contribution is 2.30. The number of carbonyl (C=O) groups excluding carboxylic acids is 2. The molecule has 1 N–H and O–H groups in total. The van der Waals surface area contributed by atoms with E-state index in [0.717, 1.165) is 24.8 Å². The van der Waals surface area contributed by atoms with Crippen LogP contribution < -0.4 is 10.1 Å². The summed E-state index contributed by atoms with van der Waals surface area (Å²) in [4.78, 5) is 25.6. The maximum atomic E-state index is 13.5. The standard InChI is InChI=1S/C21H27FN2O4/c1-14(16-11-24(17-4-3-5-17)21(26)28-12-16)8-9-23-20(25)13-27-18-7-6-15(2)19(22)10-18/h6-7,10,16-17H,1,3-5,8-9,11-13H2,2H3,(H,23,25)/t16-/m0/s1. The fourth-order valence-electron chi connectivity index (χ4n) is 3.29. The molecule has 1 saturated carbocycles. The van der Waals surface area contributed by atoms with Crippen LogP contribution in [0.3, 0.4) is 0 Å². The number of nitrogens with zero attached hydrogens (tertiary/aromatic N) is 1. The number of carbonyl (C=O) groups is 2. The minimum atomic E-state index is -0.363. The van der Waals surface area contributed by atoms with E-state index in [-0.39, 0.29) is 30.3 Å². The van der Waals surface area contributed by atoms with E-state index < -0.39 is 0 Å². The van der Waals surface area contributed by atoms with Crippen LogP contribution in [0.2, 0.25) is 0 Å². The van der Waals surface area contributed by atoms with Gasteiger partial charge in [-0.05, 0) is 44.2 Å². The zero-order chi connectivity index (χ0) is 20.1. The van der Waals surface area contributed by atoms with Gasteiger partial charge < -0.3 is 19.7 Å². The normalized spacial score (nSPS) is 19.6. The summed E-state index contributed by atoms with van der Waals surface area (Å²) < 4.78 is 24.1. The predicted molar refractivity (Wildman–Crippen MR) is 103 cm³/mol. The van der Waals surface area contributed by atoms with Crippen molar-refractivity contribution in [1.29, 1.82) is 0 Å². The van der Waals surface area contributed by atoms with E-state index in [1.165, 1.54) is 6.07 Å². The van der Waals surface area contributed by atoms with Gasteiger partial charge in [-0.1, -0.05) is 18.2 Å². The number of halogens is 1. The minimum Gasteiger partial charge on any atom is -0.484 e. The van der Waals surface area contributed by atoms with Crippen LogP contribution in [-0.2, 0) is 9.53 Å². The Morgan fingerprint density at radius 1 is 1.43 bits per heavy atom. The zero-order valence-corrected chi connectivity index (χ0v) is 16.2. The van der Waals surface area contributed by atoms with Crippen LogP contribution in [0.4, 0.5) is 9.18 Å². The van der Waals surface area contributed by atoms with Crippen molar-refractivity contribution in [1.82, 2.24) is 10.2 Å². The lowest BCUT2D eigenvalue weighted by atomic mass is 9.89. The third-order valence-corrected chi connectivity index (χ3v) is 5.43. The van der Waals surface area contributed by atoms with E-state index in [9.17, 15) is 14.0 Å². The number of benzene rings is 1. The first kappa shape index (κ1) is 20.2. The number of nitrogens with one attached hydrogen (secondary N) is 1. The summed E-state index contributed by atoms with van der Waals surface area (Å²) >= 11 is 0. The quantitative estimate of drug-likeness (QED) is 0.692. The molecule has 3 rings (SSSR count). The summed E-state index contributed by atoms with van der Waals surface area (Å²) in [5, 5.41) is 2.77. The van der Waals surface area contributed by atoms with Crippen LogP contribution in [-0.4, -0.2) is 49.2 Å². The fourth-order valence-corrected chi connectivity index (χ4v) is 3.29. The average Bonchev–Trinajstić information content (AvgIpc) is 2.63. The second-order valence-electron chi connectivity index (χ2n) is 7.47. The van der Waals surface area contributed by atoms with Crippen molar-refractivity contribution in [3.8, 4) is 5.75 Å². The van der Waals surface area contributed by atoms with Crippen LogP contribution >= 0.6 is 0 Å². The Kier molecular flexibility index (Phi) is 6.54. The second-order valence-corrected chi connectivity index (χ2v) is 7.47. The minimum absolute atomic E-state index is 0.0852. The zero-order valence-electron chi connectivity index (χ0n) is 16.2. The number of hydrogen-bond donors (Lipinski definition) is 1. The molecule has 1 aliphatic carbocycles. The first-order valence-electron chi connectivity index (χ1n) is 9.70. The number of amides is 2. The van der Waals surface area contributed by atoms with Crippen LogP contribution in [0, 0.1) is 18.7 Å². The van der Waals surface area contributed by atoms with Crippen molar-refractivity contribution in [2.75, 3.05) is 26.3 Å². The lowest BCUT2D eigenvalue weighted by Gasteiger charge is -2.42. The molecule has 1 saturated heterocycles. The van der Waals surface area contributed by atoms with Gasteiger partial charge in [0.1, 0.15) is 18.2 Å². The van der Waals surface area contributed by atoms with Crippen LogP contribution in [0.5, 0.6) is 5.75 Å². The van der Waals surface area contributed by atoms with Crippen molar-refractivity contribution < 1.29 is 23.5 Å². The van der Waals surface area contributed by atoms with Gasteiger partial charge in [0, 0.05) is 31.1 Å². The molecular formula is C21H27FN2O4. The van der Waals surface area contributed by atoms with E-state index in [0.29, 0.717) is 43.5 Å². The molecular weight excluding hydrogens is 363 g/mol. The fraction of sp³-hybridized carbons (Fsp3) is 0.524. The number of ether oxygens (including phenoxy) is 2. The topological polar surface area (TPSA) is 67.9 Å². The van der Waals surface area contributed by atoms with Crippen LogP contribution in [0.15, 0.2) is 30.4 Å². The predicted octanol–water partition coefficient (Wildman–Crippen LogP) is 3.20.